The summed E-state index contributed by atoms with van der Waals surface area (Å²) in [5.74, 6) is -2.31. The summed E-state index contributed by atoms with van der Waals surface area (Å²) >= 11 is 0. The van der Waals surface area contributed by atoms with E-state index in [0.717, 1.165) is 12.1 Å². The molecule has 2 N–H and O–H groups in total. The monoisotopic (exact) mass is 362 g/mol. The van der Waals surface area contributed by atoms with Crippen molar-refractivity contribution in [3.8, 4) is 5.75 Å². The fourth-order valence-electron chi connectivity index (χ4n) is 2.30. The molecule has 0 spiro atoms. The Kier molecular flexibility index (Phi) is 6.27. The Labute approximate surface area is 150 Å². The Bertz CT molecular complexity index is 792. The highest BCUT2D eigenvalue weighted by atomic mass is 19.1. The van der Waals surface area contributed by atoms with E-state index < -0.39 is 29.5 Å². The molecule has 5 nitrogen and oxygen atoms in total. The summed E-state index contributed by atoms with van der Waals surface area (Å²) < 4.78 is 31.7. The minimum Gasteiger partial charge on any atom is -0.497 e. The van der Waals surface area contributed by atoms with Crippen molar-refractivity contribution in [2.24, 2.45) is 5.92 Å². The summed E-state index contributed by atoms with van der Waals surface area (Å²) in [6.45, 7) is 3.50. The molecule has 0 radical (unpaired) electrons. The molecule has 0 bridgehead atoms. The van der Waals surface area contributed by atoms with Crippen molar-refractivity contribution in [3.63, 3.8) is 0 Å². The zero-order valence-electron chi connectivity index (χ0n) is 14.7. The van der Waals surface area contributed by atoms with Crippen LogP contribution in [0.25, 0.3) is 0 Å². The van der Waals surface area contributed by atoms with Crippen LogP contribution >= 0.6 is 0 Å². The molecular weight excluding hydrogens is 342 g/mol. The second kappa shape index (κ2) is 8.42. The Morgan fingerprint density at radius 1 is 1.04 bits per heavy atom. The number of halogens is 2. The summed E-state index contributed by atoms with van der Waals surface area (Å²) in [6.07, 6.45) is 0. The normalized spacial score (nSPS) is 11.8. The van der Waals surface area contributed by atoms with Gasteiger partial charge in [-0.1, -0.05) is 13.8 Å². The number of benzene rings is 2. The molecule has 2 rings (SSSR count). The first-order chi connectivity index (χ1) is 12.3. The van der Waals surface area contributed by atoms with Crippen LogP contribution in [0.15, 0.2) is 42.5 Å². The number of carbonyl (C=O) groups excluding carboxylic acids is 2. The van der Waals surface area contributed by atoms with Crippen LogP contribution < -0.4 is 15.4 Å². The molecule has 2 aromatic carbocycles. The molecule has 0 aliphatic rings. The summed E-state index contributed by atoms with van der Waals surface area (Å²) in [6, 6.07) is 8.36. The van der Waals surface area contributed by atoms with Crippen LogP contribution in [-0.4, -0.2) is 25.0 Å². The van der Waals surface area contributed by atoms with Crippen molar-refractivity contribution in [1.29, 1.82) is 0 Å². The van der Waals surface area contributed by atoms with Gasteiger partial charge in [0.1, 0.15) is 23.4 Å². The lowest BCUT2D eigenvalue weighted by molar-refractivity contribution is -0.118. The Morgan fingerprint density at radius 3 is 2.23 bits per heavy atom. The van der Waals surface area contributed by atoms with Gasteiger partial charge >= 0.3 is 0 Å². The Balaban J connectivity index is 2.11. The first-order valence-electron chi connectivity index (χ1n) is 8.02. The minimum atomic E-state index is -0.894. The van der Waals surface area contributed by atoms with Crippen molar-refractivity contribution in [2.75, 3.05) is 12.4 Å². The zero-order chi connectivity index (χ0) is 19.3. The summed E-state index contributed by atoms with van der Waals surface area (Å²) in [7, 11) is 1.52. The highest BCUT2D eigenvalue weighted by Crippen LogP contribution is 2.17. The van der Waals surface area contributed by atoms with E-state index in [-0.39, 0.29) is 11.6 Å². The highest BCUT2D eigenvalue weighted by Gasteiger charge is 2.25. The van der Waals surface area contributed by atoms with Crippen LogP contribution in [0, 0.1) is 17.6 Å². The van der Waals surface area contributed by atoms with Crippen LogP contribution in [-0.2, 0) is 4.79 Å². The largest absolute Gasteiger partial charge is 0.497 e. The quantitative estimate of drug-likeness (QED) is 0.828. The third-order valence-corrected chi connectivity index (χ3v) is 3.78. The molecular formula is C19H20F2N2O3. The van der Waals surface area contributed by atoms with E-state index in [1.54, 1.807) is 38.1 Å². The van der Waals surface area contributed by atoms with Crippen LogP contribution in [0.3, 0.4) is 0 Å². The number of ether oxygens (including phenoxy) is 1. The van der Waals surface area contributed by atoms with Gasteiger partial charge in [-0.05, 0) is 42.3 Å². The molecule has 7 heteroatoms. The molecule has 2 amide bonds. The summed E-state index contributed by atoms with van der Waals surface area (Å²) in [4.78, 5) is 24.8. The lowest BCUT2D eigenvalue weighted by atomic mass is 10.0. The molecule has 0 fully saturated rings. The lowest BCUT2D eigenvalue weighted by Gasteiger charge is -2.22. The maximum Gasteiger partial charge on any atom is 0.251 e. The third-order valence-electron chi connectivity index (χ3n) is 3.78. The predicted octanol–water partition coefficient (Wildman–Crippen LogP) is 3.37. The number of rotatable bonds is 6. The first kappa shape index (κ1) is 19.4. The van der Waals surface area contributed by atoms with E-state index in [1.165, 1.54) is 7.11 Å². The van der Waals surface area contributed by atoms with Gasteiger partial charge in [0.2, 0.25) is 5.91 Å². The number of methoxy groups -OCH3 is 1. The molecule has 2 aromatic rings. The molecule has 0 aliphatic carbocycles. The first-order valence-corrected chi connectivity index (χ1v) is 8.02. The number of nitrogens with one attached hydrogen (secondary N) is 2. The maximum atomic E-state index is 13.7. The average molecular weight is 362 g/mol. The maximum absolute atomic E-state index is 13.7. The smallest absolute Gasteiger partial charge is 0.251 e. The van der Waals surface area contributed by atoms with E-state index in [4.69, 9.17) is 4.74 Å². The molecule has 0 saturated heterocycles. The van der Waals surface area contributed by atoms with Gasteiger partial charge in [0.05, 0.1) is 12.8 Å². The van der Waals surface area contributed by atoms with Gasteiger partial charge < -0.3 is 15.4 Å². The summed E-state index contributed by atoms with van der Waals surface area (Å²) in [5, 5.41) is 5.01. The van der Waals surface area contributed by atoms with Gasteiger partial charge in [-0.25, -0.2) is 8.78 Å². The molecule has 26 heavy (non-hydrogen) atoms. The van der Waals surface area contributed by atoms with Crippen LogP contribution in [0.5, 0.6) is 5.75 Å². The standard InChI is InChI=1S/C19H20F2N2O3/c1-11(2)17(19(25)22-16-9-6-13(20)10-15(16)21)23-18(24)12-4-7-14(26-3)8-5-12/h4-11,17H,1-3H3,(H,22,25)(H,23,24)/t17-/m1/s1. The van der Waals surface area contributed by atoms with Crippen LogP contribution in [0.2, 0.25) is 0 Å². The van der Waals surface area contributed by atoms with E-state index in [1.807, 2.05) is 0 Å². The van der Waals surface area contributed by atoms with Crippen molar-refractivity contribution in [3.05, 3.63) is 59.7 Å². The number of carbonyl (C=O) groups is 2. The van der Waals surface area contributed by atoms with Crippen LogP contribution in [0.1, 0.15) is 24.2 Å². The predicted molar refractivity (Wildman–Crippen MR) is 94.1 cm³/mol. The molecule has 1 atom stereocenters. The molecule has 0 aliphatic heterocycles. The minimum absolute atomic E-state index is 0.152. The topological polar surface area (TPSA) is 67.4 Å². The average Bonchev–Trinajstić information content (AvgIpc) is 2.61. The second-order valence-electron chi connectivity index (χ2n) is 6.04. The van der Waals surface area contributed by atoms with Crippen LogP contribution in [0.4, 0.5) is 14.5 Å². The SMILES string of the molecule is COc1ccc(C(=O)N[C@@H](C(=O)Nc2ccc(F)cc2F)C(C)C)cc1. The Morgan fingerprint density at radius 2 is 1.69 bits per heavy atom. The zero-order valence-corrected chi connectivity index (χ0v) is 14.7. The van der Waals surface area contributed by atoms with E-state index >= 15 is 0 Å². The molecule has 0 unspecified atom stereocenters. The van der Waals surface area contributed by atoms with E-state index in [2.05, 4.69) is 10.6 Å². The Hall–Kier alpha value is -2.96. The molecule has 0 aromatic heterocycles. The highest BCUT2D eigenvalue weighted by molar-refractivity contribution is 6.01. The van der Waals surface area contributed by atoms with Gasteiger partial charge in [0.15, 0.2) is 0 Å². The lowest BCUT2D eigenvalue weighted by Crippen LogP contribution is -2.47. The third kappa shape index (κ3) is 4.78. The van der Waals surface area contributed by atoms with Gasteiger partial charge in [0, 0.05) is 11.6 Å². The molecule has 0 heterocycles. The number of amides is 2. The van der Waals surface area contributed by atoms with E-state index in [9.17, 15) is 18.4 Å². The molecule has 138 valence electrons. The van der Waals surface area contributed by atoms with Gasteiger partial charge in [-0.3, -0.25) is 9.59 Å². The summed E-state index contributed by atoms with van der Waals surface area (Å²) in [5.41, 5.74) is 0.206. The van der Waals surface area contributed by atoms with E-state index in [0.29, 0.717) is 17.4 Å². The number of hydrogen-bond acceptors (Lipinski definition) is 3. The van der Waals surface area contributed by atoms with Crippen molar-refractivity contribution in [1.82, 2.24) is 5.32 Å². The number of hydrogen-bond donors (Lipinski definition) is 2. The van der Waals surface area contributed by atoms with Crippen molar-refractivity contribution in [2.45, 2.75) is 19.9 Å². The van der Waals surface area contributed by atoms with Gasteiger partial charge in [0.25, 0.3) is 5.91 Å². The van der Waals surface area contributed by atoms with Crippen molar-refractivity contribution >= 4 is 17.5 Å². The van der Waals surface area contributed by atoms with Gasteiger partial charge in [-0.15, -0.1) is 0 Å². The van der Waals surface area contributed by atoms with Crippen molar-refractivity contribution < 1.29 is 23.1 Å². The molecule has 0 saturated carbocycles. The second-order valence-corrected chi connectivity index (χ2v) is 6.04. The number of anilines is 1. The van der Waals surface area contributed by atoms with Gasteiger partial charge in [-0.2, -0.15) is 0 Å². The fourth-order valence-corrected chi connectivity index (χ4v) is 2.30. The fraction of sp³-hybridized carbons (Fsp3) is 0.263.